The predicted molar refractivity (Wildman–Crippen MR) is 67.6 cm³/mol. The molecule has 1 heterocycles. The molecule has 0 fully saturated rings. The molecule has 7 heteroatoms. The van der Waals surface area contributed by atoms with Crippen LogP contribution in [0.2, 0.25) is 0 Å². The minimum atomic E-state index is -0.190. The lowest BCUT2D eigenvalue weighted by molar-refractivity contribution is -0.135. The zero-order chi connectivity index (χ0) is 13.5. The lowest BCUT2D eigenvalue weighted by Crippen LogP contribution is -2.40. The fourth-order valence-electron chi connectivity index (χ4n) is 1.35. The Morgan fingerprint density at radius 3 is 2.83 bits per heavy atom. The van der Waals surface area contributed by atoms with Gasteiger partial charge in [-0.05, 0) is 12.5 Å². The Morgan fingerprint density at radius 2 is 2.28 bits per heavy atom. The molecule has 0 spiro atoms. The maximum absolute atomic E-state index is 11.8. The first-order valence-corrected chi connectivity index (χ1v) is 5.82. The monoisotopic (exact) mass is 253 g/mol. The average molecular weight is 253 g/mol. The van der Waals surface area contributed by atoms with Crippen molar-refractivity contribution in [1.29, 1.82) is 0 Å². The first-order valence-electron chi connectivity index (χ1n) is 5.82. The van der Waals surface area contributed by atoms with Crippen molar-refractivity contribution in [3.8, 4) is 0 Å². The van der Waals surface area contributed by atoms with Crippen LogP contribution in [0.4, 0.5) is 5.82 Å². The summed E-state index contributed by atoms with van der Waals surface area (Å²) in [6, 6.07) is 1.61. The number of nitrogens with one attached hydrogen (secondary N) is 1. The maximum atomic E-state index is 11.8. The van der Waals surface area contributed by atoms with Crippen LogP contribution in [0, 0.1) is 0 Å². The number of carbonyl (C=O) groups excluding carboxylic acids is 2. The third-order valence-electron chi connectivity index (χ3n) is 2.34. The van der Waals surface area contributed by atoms with Gasteiger partial charge in [-0.3, -0.25) is 14.3 Å². The van der Waals surface area contributed by atoms with Gasteiger partial charge in [-0.15, -0.1) is 0 Å². The van der Waals surface area contributed by atoms with Gasteiger partial charge in [-0.2, -0.15) is 5.10 Å². The van der Waals surface area contributed by atoms with E-state index in [2.05, 4.69) is 10.4 Å². The van der Waals surface area contributed by atoms with Crippen molar-refractivity contribution in [2.45, 2.75) is 19.9 Å². The zero-order valence-corrected chi connectivity index (χ0v) is 10.7. The normalized spacial score (nSPS) is 10.1. The van der Waals surface area contributed by atoms with Gasteiger partial charge in [0.25, 0.3) is 0 Å². The average Bonchev–Trinajstić information content (AvgIpc) is 2.72. The SMILES string of the molecule is CCCNC(=O)CN(C)C(=O)Cn1ccc(N)n1. The number of anilines is 1. The summed E-state index contributed by atoms with van der Waals surface area (Å²) >= 11 is 0. The number of amides is 2. The minimum Gasteiger partial charge on any atom is -0.382 e. The summed E-state index contributed by atoms with van der Waals surface area (Å²) in [7, 11) is 1.58. The van der Waals surface area contributed by atoms with Crippen molar-refractivity contribution in [1.82, 2.24) is 20.0 Å². The van der Waals surface area contributed by atoms with E-state index in [4.69, 9.17) is 5.73 Å². The first-order chi connectivity index (χ1) is 8.52. The first kappa shape index (κ1) is 14.0. The molecule has 0 aliphatic heterocycles. The Bertz CT molecular complexity index is 415. The highest BCUT2D eigenvalue weighted by Gasteiger charge is 2.13. The Kier molecular flexibility index (Phi) is 5.16. The number of carbonyl (C=O) groups is 2. The number of rotatable bonds is 6. The van der Waals surface area contributed by atoms with Gasteiger partial charge < -0.3 is 16.0 Å². The number of nitrogens with two attached hydrogens (primary N) is 1. The van der Waals surface area contributed by atoms with E-state index in [9.17, 15) is 9.59 Å². The molecule has 0 unspecified atom stereocenters. The van der Waals surface area contributed by atoms with Crippen LogP contribution in [0.3, 0.4) is 0 Å². The standard InChI is InChI=1S/C11H19N5O2/c1-3-5-13-10(17)7-15(2)11(18)8-16-6-4-9(12)14-16/h4,6H,3,5,7-8H2,1-2H3,(H2,12,14)(H,13,17). The Hall–Kier alpha value is -2.05. The van der Waals surface area contributed by atoms with Crippen LogP contribution in [0.5, 0.6) is 0 Å². The van der Waals surface area contributed by atoms with Crippen molar-refractivity contribution < 1.29 is 9.59 Å². The second-order valence-corrected chi connectivity index (χ2v) is 4.04. The zero-order valence-electron chi connectivity index (χ0n) is 10.7. The molecule has 0 radical (unpaired) electrons. The largest absolute Gasteiger partial charge is 0.382 e. The van der Waals surface area contributed by atoms with E-state index >= 15 is 0 Å². The van der Waals surface area contributed by atoms with Crippen molar-refractivity contribution in [3.63, 3.8) is 0 Å². The Morgan fingerprint density at radius 1 is 1.56 bits per heavy atom. The highest BCUT2D eigenvalue weighted by Crippen LogP contribution is 1.97. The molecule has 0 saturated heterocycles. The molecule has 0 bridgehead atoms. The smallest absolute Gasteiger partial charge is 0.244 e. The lowest BCUT2D eigenvalue weighted by atomic mass is 10.4. The summed E-state index contributed by atoms with van der Waals surface area (Å²) in [5, 5.41) is 6.62. The molecule has 2 amide bonds. The summed E-state index contributed by atoms with van der Waals surface area (Å²) in [6.07, 6.45) is 2.49. The summed E-state index contributed by atoms with van der Waals surface area (Å²) in [5.41, 5.74) is 5.45. The van der Waals surface area contributed by atoms with E-state index in [0.717, 1.165) is 6.42 Å². The second kappa shape index (κ2) is 6.63. The van der Waals surface area contributed by atoms with E-state index in [0.29, 0.717) is 12.4 Å². The Labute approximate surface area is 106 Å². The fourth-order valence-corrected chi connectivity index (χ4v) is 1.35. The summed E-state index contributed by atoms with van der Waals surface area (Å²) < 4.78 is 1.44. The molecule has 3 N–H and O–H groups in total. The number of likely N-dealkylation sites (N-methyl/N-ethyl adjacent to an activating group) is 1. The van der Waals surface area contributed by atoms with Crippen LogP contribution in [0.25, 0.3) is 0 Å². The highest BCUT2D eigenvalue weighted by molar-refractivity contribution is 5.84. The number of nitrogens with zero attached hydrogens (tertiary/aromatic N) is 3. The molecule has 0 saturated carbocycles. The van der Waals surface area contributed by atoms with Crippen molar-refractivity contribution in [2.24, 2.45) is 0 Å². The molecule has 1 aromatic heterocycles. The van der Waals surface area contributed by atoms with Crippen LogP contribution in [-0.4, -0.2) is 46.6 Å². The van der Waals surface area contributed by atoms with Gasteiger partial charge in [0.05, 0.1) is 6.54 Å². The Balaban J connectivity index is 2.39. The molecular weight excluding hydrogens is 234 g/mol. The molecule has 1 rings (SSSR count). The topological polar surface area (TPSA) is 93.2 Å². The summed E-state index contributed by atoms with van der Waals surface area (Å²) in [6.45, 7) is 2.72. The molecule has 100 valence electrons. The molecule has 0 atom stereocenters. The molecule has 1 aromatic rings. The van der Waals surface area contributed by atoms with E-state index in [1.807, 2.05) is 6.92 Å². The molecule has 7 nitrogen and oxygen atoms in total. The van der Waals surface area contributed by atoms with E-state index in [1.54, 1.807) is 19.3 Å². The summed E-state index contributed by atoms with van der Waals surface area (Å²) in [4.78, 5) is 24.6. The van der Waals surface area contributed by atoms with Crippen LogP contribution >= 0.6 is 0 Å². The van der Waals surface area contributed by atoms with E-state index < -0.39 is 0 Å². The van der Waals surface area contributed by atoms with Gasteiger partial charge in [-0.25, -0.2) is 0 Å². The number of hydrogen-bond acceptors (Lipinski definition) is 4. The van der Waals surface area contributed by atoms with E-state index in [-0.39, 0.29) is 24.9 Å². The number of nitrogen functional groups attached to an aromatic ring is 1. The minimum absolute atomic E-state index is 0.0512. The molecule has 0 aromatic carbocycles. The number of hydrogen-bond donors (Lipinski definition) is 2. The molecular formula is C11H19N5O2. The molecule has 0 aliphatic carbocycles. The maximum Gasteiger partial charge on any atom is 0.244 e. The van der Waals surface area contributed by atoms with Crippen LogP contribution in [-0.2, 0) is 16.1 Å². The molecule has 18 heavy (non-hydrogen) atoms. The number of aromatic nitrogens is 2. The molecule has 0 aliphatic rings. The fraction of sp³-hybridized carbons (Fsp3) is 0.545. The highest BCUT2D eigenvalue weighted by atomic mass is 16.2. The van der Waals surface area contributed by atoms with Crippen LogP contribution < -0.4 is 11.1 Å². The van der Waals surface area contributed by atoms with E-state index in [1.165, 1.54) is 9.58 Å². The van der Waals surface area contributed by atoms with Gasteiger partial charge in [0.2, 0.25) is 11.8 Å². The predicted octanol–water partition coefficient (Wildman–Crippen LogP) is -0.550. The van der Waals surface area contributed by atoms with Gasteiger partial charge in [0.15, 0.2) is 0 Å². The van der Waals surface area contributed by atoms with Gasteiger partial charge in [0, 0.05) is 19.8 Å². The van der Waals surface area contributed by atoms with Crippen molar-refractivity contribution in [2.75, 3.05) is 25.9 Å². The third kappa shape index (κ3) is 4.44. The quantitative estimate of drug-likeness (QED) is 0.711. The van der Waals surface area contributed by atoms with Crippen molar-refractivity contribution >= 4 is 17.6 Å². The van der Waals surface area contributed by atoms with Crippen LogP contribution in [0.15, 0.2) is 12.3 Å². The second-order valence-electron chi connectivity index (χ2n) is 4.04. The lowest BCUT2D eigenvalue weighted by Gasteiger charge is -2.16. The summed E-state index contributed by atoms with van der Waals surface area (Å²) in [5.74, 6) is 0.0172. The third-order valence-corrected chi connectivity index (χ3v) is 2.34. The van der Waals surface area contributed by atoms with Crippen LogP contribution in [0.1, 0.15) is 13.3 Å². The van der Waals surface area contributed by atoms with Gasteiger partial charge in [0.1, 0.15) is 12.4 Å². The van der Waals surface area contributed by atoms with Gasteiger partial charge >= 0.3 is 0 Å². The van der Waals surface area contributed by atoms with Crippen molar-refractivity contribution in [3.05, 3.63) is 12.3 Å². The van der Waals surface area contributed by atoms with Gasteiger partial charge in [-0.1, -0.05) is 6.92 Å².